The SMILES string of the molecule is Cc1nc(NC(=O)C(C)N2C[C@@H](C(F)(F)F)[C@H](C(=O)O)C2)sc1C. The van der Waals surface area contributed by atoms with Gasteiger partial charge in [0.2, 0.25) is 5.91 Å². The van der Waals surface area contributed by atoms with Gasteiger partial charge in [-0.2, -0.15) is 13.2 Å². The van der Waals surface area contributed by atoms with Crippen LogP contribution in [0.25, 0.3) is 0 Å². The normalized spacial score (nSPS) is 23.2. The molecule has 0 aliphatic carbocycles. The summed E-state index contributed by atoms with van der Waals surface area (Å²) in [6, 6.07) is -0.885. The maximum Gasteiger partial charge on any atom is 0.393 e. The van der Waals surface area contributed by atoms with Gasteiger partial charge in [0, 0.05) is 18.0 Å². The van der Waals surface area contributed by atoms with Gasteiger partial charge in [-0.1, -0.05) is 0 Å². The van der Waals surface area contributed by atoms with E-state index < -0.39 is 42.5 Å². The van der Waals surface area contributed by atoms with Crippen molar-refractivity contribution in [2.75, 3.05) is 18.4 Å². The number of carboxylic acid groups (broad SMARTS) is 1. The van der Waals surface area contributed by atoms with Gasteiger partial charge in [-0.25, -0.2) is 4.98 Å². The fourth-order valence-corrected chi connectivity index (χ4v) is 3.45. The summed E-state index contributed by atoms with van der Waals surface area (Å²) in [4.78, 5) is 29.7. The van der Waals surface area contributed by atoms with Crippen LogP contribution in [-0.4, -0.2) is 52.2 Å². The number of nitrogens with one attached hydrogen (secondary N) is 1. The average molecular weight is 365 g/mol. The Labute approximate surface area is 140 Å². The highest BCUT2D eigenvalue weighted by atomic mass is 32.1. The number of hydrogen-bond acceptors (Lipinski definition) is 5. The van der Waals surface area contributed by atoms with E-state index in [9.17, 15) is 22.8 Å². The molecule has 0 saturated carbocycles. The van der Waals surface area contributed by atoms with Crippen molar-refractivity contribution >= 4 is 28.3 Å². The first-order chi connectivity index (χ1) is 11.0. The number of carbonyl (C=O) groups excluding carboxylic acids is 1. The number of alkyl halides is 3. The minimum Gasteiger partial charge on any atom is -0.481 e. The second kappa shape index (κ2) is 6.67. The fourth-order valence-electron chi connectivity index (χ4n) is 2.63. The van der Waals surface area contributed by atoms with Gasteiger partial charge in [0.05, 0.1) is 23.6 Å². The number of rotatable bonds is 4. The second-order valence-electron chi connectivity index (χ2n) is 5.87. The monoisotopic (exact) mass is 365 g/mol. The lowest BCUT2D eigenvalue weighted by atomic mass is 9.96. The zero-order chi connectivity index (χ0) is 18.2. The zero-order valence-corrected chi connectivity index (χ0v) is 14.2. The Hall–Kier alpha value is -1.68. The molecule has 0 bridgehead atoms. The van der Waals surface area contributed by atoms with Gasteiger partial charge in [0.15, 0.2) is 5.13 Å². The molecule has 1 unspecified atom stereocenters. The van der Waals surface area contributed by atoms with Gasteiger partial charge in [-0.15, -0.1) is 11.3 Å². The molecule has 24 heavy (non-hydrogen) atoms. The van der Waals surface area contributed by atoms with Crippen LogP contribution in [0.15, 0.2) is 0 Å². The number of amides is 1. The number of thiazole rings is 1. The molecule has 1 aliphatic rings. The smallest absolute Gasteiger partial charge is 0.393 e. The Morgan fingerprint density at radius 3 is 2.42 bits per heavy atom. The van der Waals surface area contributed by atoms with Gasteiger partial charge < -0.3 is 10.4 Å². The molecule has 3 atom stereocenters. The molecule has 0 radical (unpaired) electrons. The van der Waals surface area contributed by atoms with Crippen molar-refractivity contribution in [3.63, 3.8) is 0 Å². The van der Waals surface area contributed by atoms with E-state index in [0.29, 0.717) is 5.13 Å². The number of nitrogens with zero attached hydrogens (tertiary/aromatic N) is 2. The van der Waals surface area contributed by atoms with Crippen LogP contribution in [0, 0.1) is 25.7 Å². The van der Waals surface area contributed by atoms with Crippen LogP contribution in [0.1, 0.15) is 17.5 Å². The van der Waals surface area contributed by atoms with E-state index >= 15 is 0 Å². The molecule has 10 heteroatoms. The minimum atomic E-state index is -4.61. The minimum absolute atomic E-state index is 0.315. The summed E-state index contributed by atoms with van der Waals surface area (Å²) in [6.07, 6.45) is -4.61. The van der Waals surface area contributed by atoms with Crippen LogP contribution in [-0.2, 0) is 9.59 Å². The number of hydrogen-bond donors (Lipinski definition) is 2. The molecule has 2 heterocycles. The van der Waals surface area contributed by atoms with E-state index in [1.807, 2.05) is 6.92 Å². The van der Waals surface area contributed by atoms with Gasteiger partial charge in [-0.05, 0) is 20.8 Å². The highest BCUT2D eigenvalue weighted by Crippen LogP contribution is 2.38. The molecule has 0 spiro atoms. The van der Waals surface area contributed by atoms with Crippen molar-refractivity contribution in [1.82, 2.24) is 9.88 Å². The molecule has 2 N–H and O–H groups in total. The Morgan fingerprint density at radius 2 is 2.00 bits per heavy atom. The summed E-state index contributed by atoms with van der Waals surface area (Å²) < 4.78 is 39.0. The molecular formula is C14H18F3N3O3S. The van der Waals surface area contributed by atoms with E-state index in [-0.39, 0.29) is 6.54 Å². The van der Waals surface area contributed by atoms with E-state index in [1.54, 1.807) is 6.92 Å². The summed E-state index contributed by atoms with van der Waals surface area (Å²) in [7, 11) is 0. The quantitative estimate of drug-likeness (QED) is 0.855. The van der Waals surface area contributed by atoms with E-state index in [0.717, 1.165) is 10.6 Å². The number of anilines is 1. The number of aryl methyl sites for hydroxylation is 2. The molecule has 2 rings (SSSR count). The van der Waals surface area contributed by atoms with Gasteiger partial charge >= 0.3 is 12.1 Å². The first kappa shape index (κ1) is 18.7. The molecular weight excluding hydrogens is 347 g/mol. The molecule has 0 aromatic carbocycles. The van der Waals surface area contributed by atoms with Crippen LogP contribution in [0.4, 0.5) is 18.3 Å². The van der Waals surface area contributed by atoms with Crippen molar-refractivity contribution in [2.45, 2.75) is 33.0 Å². The number of likely N-dealkylation sites (tertiary alicyclic amines) is 1. The number of aliphatic carboxylic acids is 1. The van der Waals surface area contributed by atoms with Crippen molar-refractivity contribution in [2.24, 2.45) is 11.8 Å². The van der Waals surface area contributed by atoms with Crippen molar-refractivity contribution in [3.05, 3.63) is 10.6 Å². The first-order valence-corrected chi connectivity index (χ1v) is 8.10. The van der Waals surface area contributed by atoms with Gasteiger partial charge in [0.1, 0.15) is 0 Å². The second-order valence-corrected chi connectivity index (χ2v) is 7.08. The van der Waals surface area contributed by atoms with Gasteiger partial charge in [0.25, 0.3) is 0 Å². The molecule has 1 fully saturated rings. The first-order valence-electron chi connectivity index (χ1n) is 7.29. The lowest BCUT2D eigenvalue weighted by Crippen LogP contribution is -2.41. The molecule has 1 aliphatic heterocycles. The van der Waals surface area contributed by atoms with E-state index in [4.69, 9.17) is 5.11 Å². The molecule has 1 saturated heterocycles. The topological polar surface area (TPSA) is 82.5 Å². The van der Waals surface area contributed by atoms with Crippen molar-refractivity contribution in [1.29, 1.82) is 0 Å². The maximum absolute atomic E-state index is 13.0. The van der Waals surface area contributed by atoms with Crippen LogP contribution in [0.3, 0.4) is 0 Å². The maximum atomic E-state index is 13.0. The van der Waals surface area contributed by atoms with Crippen LogP contribution in [0.2, 0.25) is 0 Å². The Kier molecular flexibility index (Phi) is 5.19. The molecule has 1 aromatic rings. The molecule has 6 nitrogen and oxygen atoms in total. The van der Waals surface area contributed by atoms with Crippen LogP contribution < -0.4 is 5.32 Å². The lowest BCUT2D eigenvalue weighted by Gasteiger charge is -2.23. The summed E-state index contributed by atoms with van der Waals surface area (Å²) in [5.74, 6) is -5.55. The highest BCUT2D eigenvalue weighted by Gasteiger charge is 2.53. The van der Waals surface area contributed by atoms with Crippen LogP contribution >= 0.6 is 11.3 Å². The number of halogens is 3. The summed E-state index contributed by atoms with van der Waals surface area (Å²) >= 11 is 1.28. The lowest BCUT2D eigenvalue weighted by molar-refractivity contribution is -0.188. The standard InChI is InChI=1S/C14H18F3N3O3S/c1-6-8(3)24-13(18-6)19-11(21)7(2)20-4-9(12(22)23)10(5-20)14(15,16)17/h7,9-10H,4-5H2,1-3H3,(H,22,23)(H,18,19,21)/t7?,9-,10-/m1/s1. The highest BCUT2D eigenvalue weighted by molar-refractivity contribution is 7.15. The largest absolute Gasteiger partial charge is 0.481 e. The molecule has 1 aromatic heterocycles. The third-order valence-corrected chi connectivity index (χ3v) is 5.26. The summed E-state index contributed by atoms with van der Waals surface area (Å²) in [5.41, 5.74) is 0.771. The number of aromatic nitrogens is 1. The van der Waals surface area contributed by atoms with Crippen LogP contribution in [0.5, 0.6) is 0 Å². The fraction of sp³-hybridized carbons (Fsp3) is 0.643. The Balaban J connectivity index is 2.07. The Morgan fingerprint density at radius 1 is 1.38 bits per heavy atom. The summed E-state index contributed by atoms with van der Waals surface area (Å²) in [6.45, 7) is 4.27. The molecule has 134 valence electrons. The van der Waals surface area contributed by atoms with E-state index in [1.165, 1.54) is 23.2 Å². The van der Waals surface area contributed by atoms with Crippen molar-refractivity contribution < 1.29 is 27.9 Å². The van der Waals surface area contributed by atoms with E-state index in [2.05, 4.69) is 10.3 Å². The van der Waals surface area contributed by atoms with Crippen molar-refractivity contribution in [3.8, 4) is 0 Å². The molecule has 1 amide bonds. The predicted octanol–water partition coefficient (Wildman–Crippen LogP) is 2.28. The third kappa shape index (κ3) is 3.86. The number of carbonyl (C=O) groups is 2. The number of carboxylic acids is 1. The third-order valence-electron chi connectivity index (χ3n) is 4.27. The zero-order valence-electron chi connectivity index (χ0n) is 13.3. The summed E-state index contributed by atoms with van der Waals surface area (Å²) in [5, 5.41) is 12.0. The van der Waals surface area contributed by atoms with Gasteiger partial charge in [-0.3, -0.25) is 14.5 Å². The average Bonchev–Trinajstić information content (AvgIpc) is 3.02. The Bertz CT molecular complexity index is 627. The predicted molar refractivity (Wildman–Crippen MR) is 81.9 cm³/mol.